The zero-order valence-electron chi connectivity index (χ0n) is 45.6. The van der Waals surface area contributed by atoms with Crippen LogP contribution in [-0.2, 0) is 42.6 Å². The van der Waals surface area contributed by atoms with E-state index >= 15 is 0 Å². The molecule has 77 heavy (non-hydrogen) atoms. The number of allylic oxidation sites excluding steroid dienone is 1. The van der Waals surface area contributed by atoms with Crippen LogP contribution in [0, 0.1) is 50.2 Å². The zero-order chi connectivity index (χ0) is 56.3. The molecule has 0 aromatic heterocycles. The molecule has 30 atom stereocenters. The van der Waals surface area contributed by atoms with Gasteiger partial charge in [-0.05, 0) is 91.8 Å². The third-order valence-electron chi connectivity index (χ3n) is 21.6. The molecule has 0 aromatic rings. The van der Waals surface area contributed by atoms with Gasteiger partial charge in [0.15, 0.2) is 25.2 Å². The Morgan fingerprint density at radius 2 is 1.10 bits per heavy atom. The van der Waals surface area contributed by atoms with Gasteiger partial charge in [0, 0.05) is 23.9 Å². The summed E-state index contributed by atoms with van der Waals surface area (Å²) in [5.74, 6) is -0.360. The maximum Gasteiger partial charge on any atom is 0.187 e. The van der Waals surface area contributed by atoms with Crippen molar-refractivity contribution in [3.63, 3.8) is 0 Å². The quantitative estimate of drug-likeness (QED) is 0.0641. The monoisotopic (exact) mass is 1110 g/mol. The molecular formula is C54H90O23. The van der Waals surface area contributed by atoms with Gasteiger partial charge in [0.2, 0.25) is 0 Å². The highest BCUT2D eigenvalue weighted by Crippen LogP contribution is 2.76. The fraction of sp³-hybridized carbons (Fsp3) is 0.963. The molecule has 0 aromatic carbocycles. The van der Waals surface area contributed by atoms with Crippen molar-refractivity contribution >= 4 is 0 Å². The van der Waals surface area contributed by atoms with Gasteiger partial charge in [-0.3, -0.25) is 0 Å². The van der Waals surface area contributed by atoms with Crippen molar-refractivity contribution in [3.05, 3.63) is 11.6 Å². The van der Waals surface area contributed by atoms with Gasteiger partial charge < -0.3 is 114 Å². The Morgan fingerprint density at radius 1 is 0.545 bits per heavy atom. The first-order chi connectivity index (χ1) is 36.2. The highest BCUT2D eigenvalue weighted by molar-refractivity contribution is 5.37. The van der Waals surface area contributed by atoms with E-state index in [2.05, 4.69) is 40.7 Å². The standard InChI is InChI=1S/C54H90O23/c1-23-33(61)42(76-47-40(68)37(65)41(29(20-57)73-47)75-45-38(66)35(63)28(19-56)72-45)43(77-46-39(67)36(64)34(62)27(18-55)71-46)48(70-23)74-32-10-11-50(4)30(51(32,5)21-58)9-12-52(6)44(50)26(69-8)15-24-25-16-49(2,3)13-14-54(25,22-59)31(60)17-53(24,52)7/h15,23,25-48,55-68H,9-14,16-22H2,1-8H3. The lowest BCUT2D eigenvalue weighted by molar-refractivity contribution is -0.400. The summed E-state index contributed by atoms with van der Waals surface area (Å²) in [6, 6.07) is 0. The van der Waals surface area contributed by atoms with Crippen LogP contribution in [0.25, 0.3) is 0 Å². The normalized spacial score (nSPS) is 55.6. The molecule has 9 aliphatic rings. The summed E-state index contributed by atoms with van der Waals surface area (Å²) in [6.07, 6.45) is -26.0. The van der Waals surface area contributed by atoms with Crippen molar-refractivity contribution in [1.29, 1.82) is 0 Å². The van der Waals surface area contributed by atoms with Gasteiger partial charge >= 0.3 is 0 Å². The van der Waals surface area contributed by atoms with E-state index in [1.807, 2.05) is 6.92 Å². The molecule has 0 radical (unpaired) electrons. The first kappa shape index (κ1) is 60.4. The third kappa shape index (κ3) is 9.64. The van der Waals surface area contributed by atoms with Crippen LogP contribution in [0.15, 0.2) is 11.6 Å². The second-order valence-electron chi connectivity index (χ2n) is 26.1. The van der Waals surface area contributed by atoms with Crippen molar-refractivity contribution in [2.75, 3.05) is 40.1 Å². The third-order valence-corrected chi connectivity index (χ3v) is 21.6. The van der Waals surface area contributed by atoms with Gasteiger partial charge in [-0.25, -0.2) is 0 Å². The minimum Gasteiger partial charge on any atom is -0.396 e. The first-order valence-corrected chi connectivity index (χ1v) is 27.8. The number of aliphatic hydroxyl groups excluding tert-OH is 14. The SMILES string of the molecule is COC1C=C2C3CC(C)(C)CCC3(CO)C(O)CC2(C)C2(C)CCC3C(C)(CO)C(OC4OC(C)C(O)C(OC5OC(CO)C(OC6OC(CO)C(O)C6O)C(O)C5O)C4OC4OC(CO)C(O)C(O)C4O)CCC3(C)C12. The van der Waals surface area contributed by atoms with Crippen LogP contribution in [0.2, 0.25) is 0 Å². The van der Waals surface area contributed by atoms with E-state index in [1.54, 1.807) is 7.11 Å². The summed E-state index contributed by atoms with van der Waals surface area (Å²) in [7, 11) is 1.73. The summed E-state index contributed by atoms with van der Waals surface area (Å²) >= 11 is 0. The van der Waals surface area contributed by atoms with Gasteiger partial charge in [0.1, 0.15) is 85.5 Å². The number of fused-ring (bicyclic) bond motifs is 7. The van der Waals surface area contributed by atoms with E-state index < -0.39 is 176 Å². The molecule has 4 saturated heterocycles. The Bertz CT molecular complexity index is 2070. The summed E-state index contributed by atoms with van der Waals surface area (Å²) in [5.41, 5.74) is -1.76. The first-order valence-electron chi connectivity index (χ1n) is 27.8. The number of aliphatic hydroxyl groups is 14. The topological polar surface area (TPSA) is 366 Å². The number of hydrogen-bond acceptors (Lipinski definition) is 23. The van der Waals surface area contributed by atoms with Crippen LogP contribution >= 0.6 is 0 Å². The predicted octanol–water partition coefficient (Wildman–Crippen LogP) is -2.33. The van der Waals surface area contributed by atoms with Crippen molar-refractivity contribution in [3.8, 4) is 0 Å². The van der Waals surface area contributed by atoms with Crippen molar-refractivity contribution in [1.82, 2.24) is 0 Å². The molecule has 0 bridgehead atoms. The molecule has 4 saturated carbocycles. The molecule has 23 heteroatoms. The highest BCUT2D eigenvalue weighted by atomic mass is 16.8. The van der Waals surface area contributed by atoms with Crippen LogP contribution < -0.4 is 0 Å². The van der Waals surface area contributed by atoms with Gasteiger partial charge in [0.25, 0.3) is 0 Å². The van der Waals surface area contributed by atoms with Gasteiger partial charge in [-0.15, -0.1) is 0 Å². The van der Waals surface area contributed by atoms with Gasteiger partial charge in [0.05, 0.1) is 57.5 Å². The van der Waals surface area contributed by atoms with E-state index in [-0.39, 0.29) is 42.5 Å². The fourth-order valence-electron chi connectivity index (χ4n) is 16.7. The van der Waals surface area contributed by atoms with Crippen LogP contribution in [-0.4, -0.2) is 247 Å². The molecule has 4 heterocycles. The average molecular weight is 1110 g/mol. The van der Waals surface area contributed by atoms with E-state index in [0.717, 1.165) is 19.3 Å². The summed E-state index contributed by atoms with van der Waals surface area (Å²) in [5, 5.41) is 154. The maximum atomic E-state index is 12.3. The molecule has 444 valence electrons. The molecule has 0 amide bonds. The summed E-state index contributed by atoms with van der Waals surface area (Å²) in [6.45, 7) is 12.1. The molecule has 5 aliphatic carbocycles. The molecule has 23 nitrogen and oxygen atoms in total. The number of methoxy groups -OCH3 is 1. The number of ether oxygens (including phenoxy) is 9. The molecule has 30 unspecified atom stereocenters. The lowest BCUT2D eigenvalue weighted by Crippen LogP contribution is -2.70. The Kier molecular flexibility index (Phi) is 17.3. The molecule has 14 N–H and O–H groups in total. The predicted molar refractivity (Wildman–Crippen MR) is 264 cm³/mol. The van der Waals surface area contributed by atoms with Crippen LogP contribution in [0.1, 0.15) is 99.8 Å². The smallest absolute Gasteiger partial charge is 0.187 e. The Hall–Kier alpha value is -1.18. The second kappa shape index (κ2) is 22.1. The Balaban J connectivity index is 1.02. The van der Waals surface area contributed by atoms with Crippen molar-refractivity contribution in [2.45, 2.75) is 235 Å². The summed E-state index contributed by atoms with van der Waals surface area (Å²) < 4.78 is 55.6. The minimum absolute atomic E-state index is 0.00165. The fourth-order valence-corrected chi connectivity index (χ4v) is 16.7. The lowest BCUT2D eigenvalue weighted by atomic mass is 9.32. The van der Waals surface area contributed by atoms with Gasteiger partial charge in [-0.2, -0.15) is 0 Å². The lowest BCUT2D eigenvalue weighted by Gasteiger charge is -2.73. The minimum atomic E-state index is -2.02. The van der Waals surface area contributed by atoms with Crippen LogP contribution in [0.3, 0.4) is 0 Å². The zero-order valence-corrected chi connectivity index (χ0v) is 45.6. The van der Waals surface area contributed by atoms with E-state index in [0.29, 0.717) is 32.1 Å². The van der Waals surface area contributed by atoms with Crippen LogP contribution in [0.5, 0.6) is 0 Å². The van der Waals surface area contributed by atoms with E-state index in [1.165, 1.54) is 12.5 Å². The molecule has 9 rings (SSSR count). The number of rotatable bonds is 14. The van der Waals surface area contributed by atoms with Gasteiger partial charge in [-0.1, -0.05) is 53.2 Å². The molecule has 8 fully saturated rings. The Labute approximate surface area is 449 Å². The largest absolute Gasteiger partial charge is 0.396 e. The summed E-state index contributed by atoms with van der Waals surface area (Å²) in [4.78, 5) is 0. The Morgan fingerprint density at radius 3 is 1.69 bits per heavy atom. The number of hydrogen-bond donors (Lipinski definition) is 14. The van der Waals surface area contributed by atoms with E-state index in [4.69, 9.17) is 42.6 Å². The van der Waals surface area contributed by atoms with Crippen molar-refractivity contribution in [2.24, 2.45) is 50.2 Å². The van der Waals surface area contributed by atoms with Crippen molar-refractivity contribution < 1.29 is 114 Å². The van der Waals surface area contributed by atoms with Crippen LogP contribution in [0.4, 0.5) is 0 Å². The molecular weight excluding hydrogens is 1020 g/mol. The average Bonchev–Trinajstić information content (AvgIpc) is 3.86. The maximum absolute atomic E-state index is 12.3. The second-order valence-corrected chi connectivity index (χ2v) is 26.1. The molecule has 0 spiro atoms. The highest BCUT2D eigenvalue weighted by Gasteiger charge is 2.73. The molecule has 4 aliphatic heterocycles. The van der Waals surface area contributed by atoms with E-state index in [9.17, 15) is 71.5 Å².